The molecule has 1 aromatic heterocycles. The largest absolute Gasteiger partial charge is 0.469 e. The topological polar surface area (TPSA) is 82.9 Å². The number of carbonyl (C=O) groups excluding carboxylic acids is 1. The Balaban J connectivity index is 3.13. The molecule has 1 N–H and O–H groups in total. The van der Waals surface area contributed by atoms with Crippen molar-refractivity contribution < 1.29 is 9.53 Å². The van der Waals surface area contributed by atoms with Crippen LogP contribution in [0.3, 0.4) is 0 Å². The number of hydrogen-bond donors (Lipinski definition) is 1. The number of nitrogens with one attached hydrogen (secondary N) is 1. The Kier molecular flexibility index (Phi) is 3.02. The fourth-order valence-electron chi connectivity index (χ4n) is 1.01. The fourth-order valence-corrected chi connectivity index (χ4v) is 1.01. The van der Waals surface area contributed by atoms with Gasteiger partial charge < -0.3 is 9.72 Å². The summed E-state index contributed by atoms with van der Waals surface area (Å²) in [4.78, 5) is 24.5. The van der Waals surface area contributed by atoms with Crippen molar-refractivity contribution in [2.24, 2.45) is 0 Å². The van der Waals surface area contributed by atoms with Gasteiger partial charge in [0.05, 0.1) is 25.2 Å². The molecule has 1 aromatic rings. The highest BCUT2D eigenvalue weighted by molar-refractivity contribution is 5.73. The molecule has 0 aliphatic rings. The molecule has 72 valence electrons. The summed E-state index contributed by atoms with van der Waals surface area (Å²) in [6.07, 6.45) is 1.18. The lowest BCUT2D eigenvalue weighted by atomic mass is 10.1. The average molecular weight is 192 g/mol. The minimum atomic E-state index is -0.543. The molecule has 0 spiro atoms. The Labute approximate surface area is 79.9 Å². The van der Waals surface area contributed by atoms with E-state index < -0.39 is 11.5 Å². The third kappa shape index (κ3) is 1.98. The van der Waals surface area contributed by atoms with Crippen LogP contribution >= 0.6 is 0 Å². The Hall–Kier alpha value is -2.09. The lowest BCUT2D eigenvalue weighted by Gasteiger charge is -2.00. The number of carbonyl (C=O) groups is 1. The Morgan fingerprint density at radius 3 is 3.00 bits per heavy atom. The van der Waals surface area contributed by atoms with E-state index in [-0.39, 0.29) is 17.5 Å². The summed E-state index contributed by atoms with van der Waals surface area (Å²) in [5.41, 5.74) is -0.101. The molecule has 14 heavy (non-hydrogen) atoms. The maximum atomic E-state index is 11.2. The van der Waals surface area contributed by atoms with Crippen LogP contribution in [0.25, 0.3) is 0 Å². The van der Waals surface area contributed by atoms with Crippen LogP contribution in [0.5, 0.6) is 0 Å². The first-order valence-corrected chi connectivity index (χ1v) is 3.86. The van der Waals surface area contributed by atoms with E-state index in [0.717, 1.165) is 0 Å². The van der Waals surface area contributed by atoms with Crippen molar-refractivity contribution in [3.8, 4) is 6.07 Å². The molecule has 5 nitrogen and oxygen atoms in total. The van der Waals surface area contributed by atoms with Gasteiger partial charge in [0.25, 0.3) is 5.56 Å². The summed E-state index contributed by atoms with van der Waals surface area (Å²) in [5, 5.41) is 8.67. The first-order chi connectivity index (χ1) is 6.69. The number of esters is 1. The summed E-state index contributed by atoms with van der Waals surface area (Å²) in [6.45, 7) is 0. The van der Waals surface area contributed by atoms with Crippen molar-refractivity contribution in [3.63, 3.8) is 0 Å². The second-order valence-corrected chi connectivity index (χ2v) is 2.56. The highest BCUT2D eigenvalue weighted by Crippen LogP contribution is 2.02. The quantitative estimate of drug-likeness (QED) is 0.666. The minimum absolute atomic E-state index is 0.141. The number of aromatic nitrogens is 1. The summed E-state index contributed by atoms with van der Waals surface area (Å²) in [5.74, 6) is -0.543. The van der Waals surface area contributed by atoms with E-state index >= 15 is 0 Å². The predicted molar refractivity (Wildman–Crippen MR) is 47.5 cm³/mol. The van der Waals surface area contributed by atoms with Crippen molar-refractivity contribution in [2.45, 2.75) is 6.42 Å². The number of pyridine rings is 1. The molecule has 0 atom stereocenters. The summed E-state index contributed by atoms with van der Waals surface area (Å²) in [6, 6.07) is 3.28. The third-order valence-corrected chi connectivity index (χ3v) is 1.73. The normalized spacial score (nSPS) is 9.14. The van der Waals surface area contributed by atoms with E-state index in [1.54, 1.807) is 0 Å². The van der Waals surface area contributed by atoms with Crippen molar-refractivity contribution >= 4 is 5.97 Å². The molecule has 1 rings (SSSR count). The number of aromatic amines is 1. The second-order valence-electron chi connectivity index (χ2n) is 2.56. The standard InChI is InChI=1S/C9H8N2O3/c1-14-8(12)4-7-6(5-10)2-3-11-9(7)13/h2-3H,4H2,1H3,(H,11,13). The number of ether oxygens (including phenoxy) is 1. The predicted octanol–water partition coefficient (Wildman–Crippen LogP) is -0.0379. The molecule has 0 bridgehead atoms. The van der Waals surface area contributed by atoms with Gasteiger partial charge in [0.2, 0.25) is 0 Å². The summed E-state index contributed by atoms with van der Waals surface area (Å²) in [7, 11) is 1.23. The van der Waals surface area contributed by atoms with Crippen LogP contribution in [0.15, 0.2) is 17.1 Å². The van der Waals surface area contributed by atoms with Crippen molar-refractivity contribution in [1.82, 2.24) is 4.98 Å². The average Bonchev–Trinajstić information content (AvgIpc) is 2.20. The molecule has 0 aliphatic heterocycles. The van der Waals surface area contributed by atoms with Gasteiger partial charge in [0.1, 0.15) is 0 Å². The van der Waals surface area contributed by atoms with Gasteiger partial charge in [-0.05, 0) is 6.07 Å². The zero-order valence-corrected chi connectivity index (χ0v) is 7.53. The molecule has 0 saturated carbocycles. The number of hydrogen-bond acceptors (Lipinski definition) is 4. The molecule has 5 heteroatoms. The van der Waals surface area contributed by atoms with Gasteiger partial charge in [-0.15, -0.1) is 0 Å². The van der Waals surface area contributed by atoms with Crippen LogP contribution in [-0.4, -0.2) is 18.1 Å². The molecule has 0 aliphatic carbocycles. The van der Waals surface area contributed by atoms with Gasteiger partial charge in [-0.3, -0.25) is 9.59 Å². The van der Waals surface area contributed by atoms with E-state index in [9.17, 15) is 9.59 Å². The van der Waals surface area contributed by atoms with Gasteiger partial charge in [0.15, 0.2) is 0 Å². The monoisotopic (exact) mass is 192 g/mol. The SMILES string of the molecule is COC(=O)Cc1c(C#N)cc[nH]c1=O. The molecular formula is C9H8N2O3. The lowest BCUT2D eigenvalue weighted by Crippen LogP contribution is -2.18. The fraction of sp³-hybridized carbons (Fsp3) is 0.222. The third-order valence-electron chi connectivity index (χ3n) is 1.73. The van der Waals surface area contributed by atoms with Crippen LogP contribution in [0.4, 0.5) is 0 Å². The lowest BCUT2D eigenvalue weighted by molar-refractivity contribution is -0.139. The first kappa shape index (κ1) is 9.99. The molecule has 0 aromatic carbocycles. The van der Waals surface area contributed by atoms with Gasteiger partial charge in [-0.1, -0.05) is 0 Å². The Morgan fingerprint density at radius 1 is 1.71 bits per heavy atom. The van der Waals surface area contributed by atoms with Crippen molar-refractivity contribution in [1.29, 1.82) is 5.26 Å². The molecule has 0 saturated heterocycles. The zero-order chi connectivity index (χ0) is 10.6. The Bertz CT molecular complexity index is 442. The van der Waals surface area contributed by atoms with Gasteiger partial charge in [-0.25, -0.2) is 0 Å². The van der Waals surface area contributed by atoms with Crippen LogP contribution in [-0.2, 0) is 16.0 Å². The first-order valence-electron chi connectivity index (χ1n) is 3.86. The van der Waals surface area contributed by atoms with Gasteiger partial charge >= 0.3 is 5.97 Å². The number of nitriles is 1. The minimum Gasteiger partial charge on any atom is -0.469 e. The van der Waals surface area contributed by atoms with E-state index in [0.29, 0.717) is 0 Å². The molecular weight excluding hydrogens is 184 g/mol. The van der Waals surface area contributed by atoms with Gasteiger partial charge in [-0.2, -0.15) is 5.26 Å². The van der Waals surface area contributed by atoms with Crippen LogP contribution in [0.1, 0.15) is 11.1 Å². The van der Waals surface area contributed by atoms with Crippen molar-refractivity contribution in [3.05, 3.63) is 33.7 Å². The number of H-pyrrole nitrogens is 1. The molecule has 1 heterocycles. The number of rotatable bonds is 2. The molecule has 0 radical (unpaired) electrons. The second kappa shape index (κ2) is 4.23. The smallest absolute Gasteiger partial charge is 0.310 e. The highest BCUT2D eigenvalue weighted by Gasteiger charge is 2.11. The number of nitrogens with zero attached hydrogens (tertiary/aromatic N) is 1. The maximum Gasteiger partial charge on any atom is 0.310 e. The Morgan fingerprint density at radius 2 is 2.43 bits per heavy atom. The highest BCUT2D eigenvalue weighted by atomic mass is 16.5. The zero-order valence-electron chi connectivity index (χ0n) is 7.53. The van der Waals surface area contributed by atoms with Crippen LogP contribution < -0.4 is 5.56 Å². The molecule has 0 fully saturated rings. The molecule has 0 amide bonds. The van der Waals surface area contributed by atoms with Crippen LogP contribution in [0, 0.1) is 11.3 Å². The maximum absolute atomic E-state index is 11.2. The van der Waals surface area contributed by atoms with Crippen LogP contribution in [0.2, 0.25) is 0 Å². The summed E-state index contributed by atoms with van der Waals surface area (Å²) < 4.78 is 4.41. The summed E-state index contributed by atoms with van der Waals surface area (Å²) >= 11 is 0. The van der Waals surface area contributed by atoms with E-state index in [4.69, 9.17) is 5.26 Å². The van der Waals surface area contributed by atoms with E-state index in [2.05, 4.69) is 9.72 Å². The van der Waals surface area contributed by atoms with E-state index in [1.165, 1.54) is 19.4 Å². The van der Waals surface area contributed by atoms with Gasteiger partial charge in [0, 0.05) is 11.8 Å². The molecule has 0 unspecified atom stereocenters. The number of methoxy groups -OCH3 is 1. The van der Waals surface area contributed by atoms with Crippen molar-refractivity contribution in [2.75, 3.05) is 7.11 Å². The van der Waals surface area contributed by atoms with E-state index in [1.807, 2.05) is 6.07 Å².